The number of benzene rings is 3. The number of anilines is 3. The second-order valence-corrected chi connectivity index (χ2v) is 6.65. The molecule has 0 radical (unpaired) electrons. The molecule has 0 aromatic heterocycles. The van der Waals surface area contributed by atoms with Crippen LogP contribution in [0.4, 0.5) is 17.1 Å². The number of para-hydroxylation sites is 2. The number of aryl methyl sites for hydroxylation is 1. The number of hydrogen-bond donors (Lipinski definition) is 3. The third kappa shape index (κ3) is 5.11. The van der Waals surface area contributed by atoms with Crippen LogP contribution in [0.3, 0.4) is 0 Å². The molecule has 2 amide bonds. The highest BCUT2D eigenvalue weighted by atomic mass is 35.5. The Hall–Kier alpha value is -3.31. The summed E-state index contributed by atoms with van der Waals surface area (Å²) in [6, 6.07) is 21.6. The van der Waals surface area contributed by atoms with Crippen LogP contribution in [-0.4, -0.2) is 18.4 Å². The number of halogens is 1. The van der Waals surface area contributed by atoms with Gasteiger partial charge in [-0.2, -0.15) is 0 Å². The van der Waals surface area contributed by atoms with E-state index >= 15 is 0 Å². The number of nitrogens with one attached hydrogen (secondary N) is 3. The molecule has 0 fully saturated rings. The van der Waals surface area contributed by atoms with Gasteiger partial charge in [-0.25, -0.2) is 0 Å². The van der Waals surface area contributed by atoms with Crippen LogP contribution in [0.25, 0.3) is 0 Å². The molecular weight excluding hydrogens is 374 g/mol. The lowest BCUT2D eigenvalue weighted by Crippen LogP contribution is -2.23. The van der Waals surface area contributed by atoms with Crippen LogP contribution in [-0.2, 0) is 4.79 Å². The molecule has 142 valence electrons. The van der Waals surface area contributed by atoms with Crippen molar-refractivity contribution in [2.24, 2.45) is 0 Å². The zero-order valence-corrected chi connectivity index (χ0v) is 16.1. The Morgan fingerprint density at radius 2 is 1.46 bits per heavy atom. The lowest BCUT2D eigenvalue weighted by molar-refractivity contribution is -0.114. The molecule has 5 nitrogen and oxygen atoms in total. The highest BCUT2D eigenvalue weighted by molar-refractivity contribution is 6.33. The second kappa shape index (κ2) is 9.06. The van der Waals surface area contributed by atoms with Crippen molar-refractivity contribution in [2.75, 3.05) is 22.5 Å². The van der Waals surface area contributed by atoms with Gasteiger partial charge in [0.2, 0.25) is 5.91 Å². The first-order chi connectivity index (χ1) is 13.5. The van der Waals surface area contributed by atoms with Gasteiger partial charge in [-0.1, -0.05) is 53.6 Å². The molecule has 28 heavy (non-hydrogen) atoms. The Morgan fingerprint density at radius 1 is 0.821 bits per heavy atom. The van der Waals surface area contributed by atoms with Crippen LogP contribution in [0.1, 0.15) is 15.9 Å². The summed E-state index contributed by atoms with van der Waals surface area (Å²) in [6.45, 7) is 1.98. The van der Waals surface area contributed by atoms with Crippen molar-refractivity contribution in [3.05, 3.63) is 88.9 Å². The molecule has 0 heterocycles. The van der Waals surface area contributed by atoms with Crippen molar-refractivity contribution in [3.63, 3.8) is 0 Å². The van der Waals surface area contributed by atoms with Crippen molar-refractivity contribution in [2.45, 2.75) is 6.92 Å². The molecule has 0 spiro atoms. The first-order valence-electron chi connectivity index (χ1n) is 8.78. The Morgan fingerprint density at radius 3 is 2.18 bits per heavy atom. The van der Waals surface area contributed by atoms with Crippen LogP contribution in [0.5, 0.6) is 0 Å². The number of carbonyl (C=O) groups excluding carboxylic acids is 2. The van der Waals surface area contributed by atoms with Gasteiger partial charge in [0.05, 0.1) is 22.8 Å². The summed E-state index contributed by atoms with van der Waals surface area (Å²) < 4.78 is 0. The number of rotatable bonds is 6. The van der Waals surface area contributed by atoms with Gasteiger partial charge in [-0.15, -0.1) is 0 Å². The summed E-state index contributed by atoms with van der Waals surface area (Å²) in [5.41, 5.74) is 3.39. The van der Waals surface area contributed by atoms with E-state index in [0.717, 1.165) is 5.56 Å². The smallest absolute Gasteiger partial charge is 0.257 e. The molecule has 0 saturated carbocycles. The lowest BCUT2D eigenvalue weighted by Gasteiger charge is -2.13. The van der Waals surface area contributed by atoms with Gasteiger partial charge in [-0.05, 0) is 43.3 Å². The summed E-state index contributed by atoms with van der Waals surface area (Å²) >= 11 is 6.05. The SMILES string of the molecule is Cc1ccc(NC(=O)c2ccccc2NCC(=O)Nc2ccccc2Cl)cc1. The highest BCUT2D eigenvalue weighted by Gasteiger charge is 2.12. The Kier molecular flexibility index (Phi) is 6.29. The first kappa shape index (κ1) is 19.5. The van der Waals surface area contributed by atoms with Crippen molar-refractivity contribution < 1.29 is 9.59 Å². The van der Waals surface area contributed by atoms with Gasteiger partial charge in [0, 0.05) is 11.4 Å². The van der Waals surface area contributed by atoms with Crippen molar-refractivity contribution in [1.29, 1.82) is 0 Å². The summed E-state index contributed by atoms with van der Waals surface area (Å²) in [4.78, 5) is 24.8. The molecular formula is C22H20ClN3O2. The molecule has 6 heteroatoms. The zero-order valence-electron chi connectivity index (χ0n) is 15.3. The first-order valence-corrected chi connectivity index (χ1v) is 9.16. The van der Waals surface area contributed by atoms with E-state index in [-0.39, 0.29) is 18.4 Å². The fourth-order valence-electron chi connectivity index (χ4n) is 2.60. The highest BCUT2D eigenvalue weighted by Crippen LogP contribution is 2.21. The van der Waals surface area contributed by atoms with E-state index in [1.54, 1.807) is 48.5 Å². The molecule has 3 aromatic carbocycles. The normalized spacial score (nSPS) is 10.2. The van der Waals surface area contributed by atoms with E-state index in [9.17, 15) is 9.59 Å². The van der Waals surface area contributed by atoms with E-state index in [1.165, 1.54) is 0 Å². The maximum atomic E-state index is 12.6. The van der Waals surface area contributed by atoms with Gasteiger partial charge in [0.15, 0.2) is 0 Å². The lowest BCUT2D eigenvalue weighted by atomic mass is 10.1. The maximum Gasteiger partial charge on any atom is 0.257 e. The molecule has 0 aliphatic rings. The minimum absolute atomic E-state index is 0.0000478. The Labute approximate surface area is 168 Å². The van der Waals surface area contributed by atoms with Gasteiger partial charge in [0.25, 0.3) is 5.91 Å². The topological polar surface area (TPSA) is 70.2 Å². The van der Waals surface area contributed by atoms with Crippen LogP contribution < -0.4 is 16.0 Å². The van der Waals surface area contributed by atoms with Gasteiger partial charge in [-0.3, -0.25) is 9.59 Å². The molecule has 0 bridgehead atoms. The molecule has 3 rings (SSSR count). The largest absolute Gasteiger partial charge is 0.376 e. The number of carbonyl (C=O) groups is 2. The van der Waals surface area contributed by atoms with E-state index in [0.29, 0.717) is 27.6 Å². The third-order valence-corrected chi connectivity index (χ3v) is 4.40. The van der Waals surface area contributed by atoms with E-state index in [4.69, 9.17) is 11.6 Å². The summed E-state index contributed by atoms with van der Waals surface area (Å²) in [5, 5.41) is 9.08. The maximum absolute atomic E-state index is 12.6. The number of amides is 2. The Bertz CT molecular complexity index is 987. The molecule has 3 N–H and O–H groups in total. The summed E-state index contributed by atoms with van der Waals surface area (Å²) in [6.07, 6.45) is 0. The molecule has 0 aliphatic heterocycles. The summed E-state index contributed by atoms with van der Waals surface area (Å²) in [5.74, 6) is -0.514. The van der Waals surface area contributed by atoms with E-state index < -0.39 is 0 Å². The fourth-order valence-corrected chi connectivity index (χ4v) is 2.79. The zero-order chi connectivity index (χ0) is 19.9. The standard InChI is InChI=1S/C22H20ClN3O2/c1-15-10-12-16(13-11-15)25-22(28)17-6-2-4-8-19(17)24-14-21(27)26-20-9-5-3-7-18(20)23/h2-13,24H,14H2,1H3,(H,25,28)(H,26,27). The Balaban J connectivity index is 1.65. The minimum Gasteiger partial charge on any atom is -0.376 e. The quantitative estimate of drug-likeness (QED) is 0.554. The van der Waals surface area contributed by atoms with Gasteiger partial charge in [0.1, 0.15) is 0 Å². The van der Waals surface area contributed by atoms with E-state index in [2.05, 4.69) is 16.0 Å². The molecule has 0 aliphatic carbocycles. The van der Waals surface area contributed by atoms with Crippen LogP contribution in [0, 0.1) is 6.92 Å². The van der Waals surface area contributed by atoms with Crippen molar-refractivity contribution in [3.8, 4) is 0 Å². The van der Waals surface area contributed by atoms with Gasteiger partial charge >= 0.3 is 0 Å². The van der Waals surface area contributed by atoms with Crippen LogP contribution in [0.2, 0.25) is 5.02 Å². The van der Waals surface area contributed by atoms with Crippen molar-refractivity contribution >= 4 is 40.5 Å². The van der Waals surface area contributed by atoms with Crippen LogP contribution in [0.15, 0.2) is 72.8 Å². The summed E-state index contributed by atoms with van der Waals surface area (Å²) in [7, 11) is 0. The molecule has 3 aromatic rings. The fraction of sp³-hybridized carbons (Fsp3) is 0.0909. The van der Waals surface area contributed by atoms with Gasteiger partial charge < -0.3 is 16.0 Å². The van der Waals surface area contributed by atoms with Crippen molar-refractivity contribution in [1.82, 2.24) is 0 Å². The van der Waals surface area contributed by atoms with E-state index in [1.807, 2.05) is 31.2 Å². The van der Waals surface area contributed by atoms with Crippen LogP contribution >= 0.6 is 11.6 Å². The predicted octanol–water partition coefficient (Wildman–Crippen LogP) is 4.95. The predicted molar refractivity (Wildman–Crippen MR) is 114 cm³/mol. The molecule has 0 atom stereocenters. The average Bonchev–Trinajstić information content (AvgIpc) is 2.70. The molecule has 0 unspecified atom stereocenters. The molecule has 0 saturated heterocycles. The minimum atomic E-state index is -0.262. The second-order valence-electron chi connectivity index (χ2n) is 6.25. The monoisotopic (exact) mass is 393 g/mol. The average molecular weight is 394 g/mol. The number of hydrogen-bond acceptors (Lipinski definition) is 3. The third-order valence-electron chi connectivity index (χ3n) is 4.07.